The first-order valence-corrected chi connectivity index (χ1v) is 11.1. The Labute approximate surface area is 168 Å². The maximum absolute atomic E-state index is 12.6. The van der Waals surface area contributed by atoms with E-state index in [0.29, 0.717) is 55.2 Å². The lowest BCUT2D eigenvalue weighted by molar-refractivity contribution is -0.0461. The van der Waals surface area contributed by atoms with Crippen molar-refractivity contribution in [3.63, 3.8) is 0 Å². The molecule has 4 heterocycles. The Morgan fingerprint density at radius 3 is 2.86 bits per heavy atom. The molecule has 3 aromatic rings. The second-order valence-electron chi connectivity index (χ2n) is 7.67. The number of benzene rings is 1. The number of hydrogen-bond acceptors (Lipinski definition) is 8. The molecule has 0 bridgehead atoms. The molecule has 2 aliphatic heterocycles. The predicted octanol–water partition coefficient (Wildman–Crippen LogP) is 0.891. The van der Waals surface area contributed by atoms with E-state index >= 15 is 0 Å². The molecule has 0 spiro atoms. The van der Waals surface area contributed by atoms with Gasteiger partial charge in [0.2, 0.25) is 5.95 Å². The van der Waals surface area contributed by atoms with Crippen LogP contribution in [0.4, 0.5) is 11.8 Å². The highest BCUT2D eigenvalue weighted by Crippen LogP contribution is 2.28. The number of nitrogens with two attached hydrogens (primary N) is 1. The molecule has 2 aliphatic rings. The first-order valence-electron chi connectivity index (χ1n) is 9.45. The van der Waals surface area contributed by atoms with E-state index in [2.05, 4.69) is 15.3 Å². The van der Waals surface area contributed by atoms with Gasteiger partial charge in [-0.1, -0.05) is 18.2 Å². The van der Waals surface area contributed by atoms with Crippen LogP contribution in [-0.2, 0) is 21.1 Å². The van der Waals surface area contributed by atoms with E-state index in [0.717, 1.165) is 10.9 Å². The van der Waals surface area contributed by atoms with Crippen molar-refractivity contribution in [1.29, 1.82) is 0 Å². The number of anilines is 2. The molecule has 9 nitrogen and oxygen atoms in total. The number of aromatic amines is 1. The zero-order valence-electron chi connectivity index (χ0n) is 15.8. The molecule has 29 heavy (non-hydrogen) atoms. The van der Waals surface area contributed by atoms with Gasteiger partial charge in [0.05, 0.1) is 34.8 Å². The highest BCUT2D eigenvalue weighted by molar-refractivity contribution is 7.91. The molecule has 0 saturated carbocycles. The van der Waals surface area contributed by atoms with E-state index in [1.165, 1.54) is 0 Å². The van der Waals surface area contributed by atoms with Crippen LogP contribution in [-0.4, -0.2) is 61.0 Å². The number of aromatic nitrogens is 3. The number of sulfone groups is 1. The molecule has 10 heteroatoms. The average Bonchev–Trinajstić information content (AvgIpc) is 3.11. The summed E-state index contributed by atoms with van der Waals surface area (Å²) in [6.07, 6.45) is 1.81. The fraction of sp³-hybridized carbons (Fsp3) is 0.368. The average molecular weight is 414 g/mol. The van der Waals surface area contributed by atoms with E-state index in [1.807, 2.05) is 23.1 Å². The van der Waals surface area contributed by atoms with Crippen molar-refractivity contribution < 1.29 is 13.2 Å². The largest absolute Gasteiger partial charge is 0.377 e. The molecule has 0 atom stereocenters. The third kappa shape index (κ3) is 3.33. The lowest BCUT2D eigenvalue weighted by atomic mass is 9.99. The van der Waals surface area contributed by atoms with Gasteiger partial charge in [-0.2, -0.15) is 9.97 Å². The zero-order valence-corrected chi connectivity index (χ0v) is 16.6. The minimum absolute atomic E-state index is 0.0160. The lowest BCUT2D eigenvalue weighted by Crippen LogP contribution is -2.61. The van der Waals surface area contributed by atoms with Crippen LogP contribution in [0.25, 0.3) is 11.0 Å². The maximum atomic E-state index is 12.6. The Balaban J connectivity index is 1.50. The van der Waals surface area contributed by atoms with Crippen LogP contribution in [0.15, 0.2) is 41.4 Å². The summed E-state index contributed by atoms with van der Waals surface area (Å²) in [5, 5.41) is 4.19. The van der Waals surface area contributed by atoms with Crippen LogP contribution >= 0.6 is 0 Å². The van der Waals surface area contributed by atoms with Gasteiger partial charge < -0.3 is 25.7 Å². The summed E-state index contributed by atoms with van der Waals surface area (Å²) >= 11 is 0. The molecule has 0 aliphatic carbocycles. The van der Waals surface area contributed by atoms with Crippen molar-refractivity contribution in [3.8, 4) is 0 Å². The number of rotatable bonds is 4. The SMILES string of the molecule is NC1(CNc2nc(N3CCS(=O)(=O)c4ccccc4C3)nc3[nH]ccc23)COC1. The number of fused-ring (bicyclic) bond motifs is 2. The minimum Gasteiger partial charge on any atom is -0.377 e. The van der Waals surface area contributed by atoms with Gasteiger partial charge in [-0.05, 0) is 17.7 Å². The van der Waals surface area contributed by atoms with Gasteiger partial charge in [0.15, 0.2) is 9.84 Å². The first-order chi connectivity index (χ1) is 13.9. The summed E-state index contributed by atoms with van der Waals surface area (Å²) in [4.78, 5) is 14.8. The first kappa shape index (κ1) is 18.3. The van der Waals surface area contributed by atoms with Gasteiger partial charge in [0.25, 0.3) is 0 Å². The van der Waals surface area contributed by atoms with Crippen molar-refractivity contribution in [2.24, 2.45) is 5.73 Å². The van der Waals surface area contributed by atoms with E-state index in [9.17, 15) is 8.42 Å². The number of H-pyrrole nitrogens is 1. The summed E-state index contributed by atoms with van der Waals surface area (Å²) in [7, 11) is -3.34. The van der Waals surface area contributed by atoms with Gasteiger partial charge in [-0.15, -0.1) is 0 Å². The quantitative estimate of drug-likeness (QED) is 0.575. The van der Waals surface area contributed by atoms with Gasteiger partial charge in [-0.3, -0.25) is 0 Å². The molecular formula is C19H22N6O3S. The highest BCUT2D eigenvalue weighted by Gasteiger charge is 2.34. The van der Waals surface area contributed by atoms with Gasteiger partial charge in [-0.25, -0.2) is 8.42 Å². The van der Waals surface area contributed by atoms with E-state index in [-0.39, 0.29) is 5.75 Å². The van der Waals surface area contributed by atoms with Crippen molar-refractivity contribution >= 4 is 32.6 Å². The van der Waals surface area contributed by atoms with Crippen LogP contribution in [0.5, 0.6) is 0 Å². The predicted molar refractivity (Wildman–Crippen MR) is 110 cm³/mol. The summed E-state index contributed by atoms with van der Waals surface area (Å²) in [5.41, 5.74) is 7.28. The molecule has 1 saturated heterocycles. The van der Waals surface area contributed by atoms with Crippen LogP contribution in [0.1, 0.15) is 5.56 Å². The molecule has 0 amide bonds. The van der Waals surface area contributed by atoms with Gasteiger partial charge in [0, 0.05) is 25.8 Å². The zero-order chi connectivity index (χ0) is 20.1. The third-order valence-corrected chi connectivity index (χ3v) is 7.16. The Bertz CT molecular complexity index is 1170. The normalized spacial score (nSPS) is 20.0. The Kier molecular flexibility index (Phi) is 4.23. The molecule has 152 valence electrons. The minimum atomic E-state index is -3.34. The Morgan fingerprint density at radius 2 is 2.07 bits per heavy atom. The molecule has 5 rings (SSSR count). The van der Waals surface area contributed by atoms with Crippen molar-refractivity contribution in [3.05, 3.63) is 42.1 Å². The second-order valence-corrected chi connectivity index (χ2v) is 9.75. The summed E-state index contributed by atoms with van der Waals surface area (Å²) < 4.78 is 30.5. The molecular weight excluding hydrogens is 392 g/mol. The van der Waals surface area contributed by atoms with Crippen molar-refractivity contribution in [2.75, 3.05) is 42.3 Å². The molecule has 1 fully saturated rings. The number of hydrogen-bond donors (Lipinski definition) is 3. The molecule has 2 aromatic heterocycles. The summed E-state index contributed by atoms with van der Waals surface area (Å²) in [5.74, 6) is 1.16. The van der Waals surface area contributed by atoms with E-state index < -0.39 is 15.4 Å². The van der Waals surface area contributed by atoms with Gasteiger partial charge >= 0.3 is 0 Å². The van der Waals surface area contributed by atoms with E-state index in [1.54, 1.807) is 18.3 Å². The second kappa shape index (κ2) is 6.68. The van der Waals surface area contributed by atoms with Crippen LogP contribution in [0.2, 0.25) is 0 Å². The van der Waals surface area contributed by atoms with Crippen LogP contribution < -0.4 is 16.0 Å². The van der Waals surface area contributed by atoms with Gasteiger partial charge in [0.1, 0.15) is 11.5 Å². The van der Waals surface area contributed by atoms with Crippen LogP contribution in [0, 0.1) is 0 Å². The maximum Gasteiger partial charge on any atom is 0.229 e. The number of nitrogens with one attached hydrogen (secondary N) is 2. The fourth-order valence-electron chi connectivity index (χ4n) is 3.67. The lowest BCUT2D eigenvalue weighted by Gasteiger charge is -2.37. The molecule has 4 N–H and O–H groups in total. The van der Waals surface area contributed by atoms with Crippen molar-refractivity contribution in [2.45, 2.75) is 17.0 Å². The Morgan fingerprint density at radius 1 is 1.24 bits per heavy atom. The molecule has 1 aromatic carbocycles. The topological polar surface area (TPSA) is 126 Å². The fourth-order valence-corrected chi connectivity index (χ4v) is 5.16. The molecule has 0 unspecified atom stereocenters. The smallest absolute Gasteiger partial charge is 0.229 e. The summed E-state index contributed by atoms with van der Waals surface area (Å²) in [6.45, 7) is 2.29. The molecule has 0 radical (unpaired) electrons. The van der Waals surface area contributed by atoms with Crippen LogP contribution in [0.3, 0.4) is 0 Å². The number of nitrogens with zero attached hydrogens (tertiary/aromatic N) is 3. The monoisotopic (exact) mass is 414 g/mol. The third-order valence-electron chi connectivity index (χ3n) is 5.37. The highest BCUT2D eigenvalue weighted by atomic mass is 32.2. The standard InChI is InChI=1S/C19H22N6O3S/c20-19(11-28-12-19)10-22-17-14-5-6-21-16(14)23-18(24-17)25-7-8-29(26,27)15-4-2-1-3-13(15)9-25/h1-6H,7-12,20H2,(H2,21,22,23,24). The van der Waals surface area contributed by atoms with E-state index in [4.69, 9.17) is 15.5 Å². The Hall–Kier alpha value is -2.69. The summed E-state index contributed by atoms with van der Waals surface area (Å²) in [6, 6.07) is 9.01. The number of ether oxygens (including phenoxy) is 1. The van der Waals surface area contributed by atoms with Crippen molar-refractivity contribution in [1.82, 2.24) is 15.0 Å².